The molecule has 0 saturated carbocycles. The highest BCUT2D eigenvalue weighted by Gasteiger charge is 2.14. The second-order valence-electron chi connectivity index (χ2n) is 5.91. The van der Waals surface area contributed by atoms with Crippen LogP contribution in [0.4, 0.5) is 4.39 Å². The summed E-state index contributed by atoms with van der Waals surface area (Å²) in [5, 5.41) is 1.45. The summed E-state index contributed by atoms with van der Waals surface area (Å²) < 4.78 is 20.2. The molecule has 27 heavy (non-hydrogen) atoms. The van der Waals surface area contributed by atoms with Crippen molar-refractivity contribution in [2.24, 2.45) is 0 Å². The van der Waals surface area contributed by atoms with Gasteiger partial charge in [-0.15, -0.1) is 0 Å². The van der Waals surface area contributed by atoms with Crippen molar-refractivity contribution in [3.05, 3.63) is 93.4 Å². The van der Waals surface area contributed by atoms with Gasteiger partial charge in [0.2, 0.25) is 0 Å². The number of furan rings is 1. The second kappa shape index (κ2) is 7.58. The van der Waals surface area contributed by atoms with Crippen LogP contribution >= 0.6 is 23.4 Å². The van der Waals surface area contributed by atoms with Gasteiger partial charge in [0.15, 0.2) is 5.16 Å². The molecule has 0 spiro atoms. The van der Waals surface area contributed by atoms with Crippen molar-refractivity contribution in [2.45, 2.75) is 17.5 Å². The average molecular weight is 401 g/mol. The lowest BCUT2D eigenvalue weighted by Gasteiger charge is -2.12. The van der Waals surface area contributed by atoms with Gasteiger partial charge in [0.25, 0.3) is 5.56 Å². The van der Waals surface area contributed by atoms with E-state index in [-0.39, 0.29) is 17.9 Å². The third kappa shape index (κ3) is 3.77. The van der Waals surface area contributed by atoms with E-state index in [2.05, 4.69) is 4.98 Å². The Bertz CT molecular complexity index is 1160. The maximum absolute atomic E-state index is 13.3. The highest BCUT2D eigenvalue weighted by atomic mass is 35.5. The van der Waals surface area contributed by atoms with Crippen molar-refractivity contribution in [1.82, 2.24) is 9.55 Å². The molecule has 0 N–H and O–H groups in total. The molecule has 4 nitrogen and oxygen atoms in total. The Morgan fingerprint density at radius 3 is 2.78 bits per heavy atom. The van der Waals surface area contributed by atoms with Gasteiger partial charge in [-0.2, -0.15) is 0 Å². The lowest BCUT2D eigenvalue weighted by molar-refractivity contribution is 0.476. The van der Waals surface area contributed by atoms with E-state index >= 15 is 0 Å². The van der Waals surface area contributed by atoms with Crippen LogP contribution in [0.1, 0.15) is 11.3 Å². The van der Waals surface area contributed by atoms with Gasteiger partial charge in [-0.1, -0.05) is 41.6 Å². The summed E-state index contributed by atoms with van der Waals surface area (Å²) in [6, 6.07) is 15.1. The summed E-state index contributed by atoms with van der Waals surface area (Å²) in [6.07, 6.45) is 1.57. The molecule has 0 fully saturated rings. The van der Waals surface area contributed by atoms with E-state index < -0.39 is 0 Å². The lowest BCUT2D eigenvalue weighted by atomic mass is 10.2. The number of hydrogen-bond donors (Lipinski definition) is 0. The third-order valence-electron chi connectivity index (χ3n) is 4.09. The van der Waals surface area contributed by atoms with Gasteiger partial charge in [-0.05, 0) is 42.0 Å². The summed E-state index contributed by atoms with van der Waals surface area (Å²) >= 11 is 7.49. The minimum absolute atomic E-state index is 0.135. The molecule has 2 aromatic carbocycles. The normalized spacial score (nSPS) is 11.2. The first-order chi connectivity index (χ1) is 13.1. The maximum Gasteiger partial charge on any atom is 0.262 e. The SMILES string of the molecule is O=c1c2ccccc2nc(SCc2ccc(F)cc2Cl)n1Cc1ccco1. The first-order valence-electron chi connectivity index (χ1n) is 8.20. The molecule has 0 atom stereocenters. The van der Waals surface area contributed by atoms with Crippen LogP contribution in [0.5, 0.6) is 0 Å². The Balaban J connectivity index is 1.74. The number of rotatable bonds is 5. The molecule has 0 bridgehead atoms. The molecule has 0 aliphatic rings. The van der Waals surface area contributed by atoms with Gasteiger partial charge in [0.1, 0.15) is 11.6 Å². The Hall–Kier alpha value is -2.57. The quantitative estimate of drug-likeness (QED) is 0.344. The van der Waals surface area contributed by atoms with E-state index in [1.54, 1.807) is 29.0 Å². The van der Waals surface area contributed by atoms with Crippen molar-refractivity contribution in [3.8, 4) is 0 Å². The Kier molecular flexibility index (Phi) is 5.01. The number of thioether (sulfide) groups is 1. The summed E-state index contributed by atoms with van der Waals surface area (Å²) in [5.41, 5.74) is 1.27. The van der Waals surface area contributed by atoms with Gasteiger partial charge >= 0.3 is 0 Å². The Morgan fingerprint density at radius 2 is 2.00 bits per heavy atom. The molecule has 4 aromatic rings. The molecule has 7 heteroatoms. The van der Waals surface area contributed by atoms with E-state index in [0.717, 1.165) is 5.56 Å². The number of halogens is 2. The van der Waals surface area contributed by atoms with Crippen LogP contribution in [-0.2, 0) is 12.3 Å². The molecule has 2 aromatic heterocycles. The summed E-state index contributed by atoms with van der Waals surface area (Å²) in [4.78, 5) is 17.6. The van der Waals surface area contributed by atoms with Crippen LogP contribution in [0, 0.1) is 5.82 Å². The van der Waals surface area contributed by atoms with Gasteiger partial charge in [-0.3, -0.25) is 9.36 Å². The van der Waals surface area contributed by atoms with Crippen molar-refractivity contribution in [2.75, 3.05) is 0 Å². The molecular weight excluding hydrogens is 387 g/mol. The molecule has 0 aliphatic heterocycles. The molecule has 0 amide bonds. The minimum atomic E-state index is -0.382. The van der Waals surface area contributed by atoms with Crippen LogP contribution in [0.2, 0.25) is 5.02 Å². The van der Waals surface area contributed by atoms with Crippen LogP contribution in [0.25, 0.3) is 10.9 Å². The molecule has 0 aliphatic carbocycles. The molecule has 2 heterocycles. The molecule has 136 valence electrons. The largest absolute Gasteiger partial charge is 0.467 e. The van der Waals surface area contributed by atoms with Crippen LogP contribution in [0.3, 0.4) is 0 Å². The molecule has 0 unspecified atom stereocenters. The Labute approximate surface area is 163 Å². The summed E-state index contributed by atoms with van der Waals surface area (Å²) in [7, 11) is 0. The standard InChI is InChI=1S/C20H14ClFN2O2S/c21-17-10-14(22)8-7-13(17)12-27-20-23-18-6-2-1-5-16(18)19(25)24(20)11-15-4-3-9-26-15/h1-10H,11-12H2. The zero-order valence-corrected chi connectivity index (χ0v) is 15.6. The predicted octanol–water partition coefficient (Wildman–Crippen LogP) is 5.12. The first-order valence-corrected chi connectivity index (χ1v) is 9.57. The molecule has 4 rings (SSSR count). The maximum atomic E-state index is 13.3. The molecular formula is C20H14ClFN2O2S. The number of nitrogens with zero attached hydrogens (tertiary/aromatic N) is 2. The fourth-order valence-corrected chi connectivity index (χ4v) is 4.05. The van der Waals surface area contributed by atoms with Crippen molar-refractivity contribution in [1.29, 1.82) is 0 Å². The topological polar surface area (TPSA) is 48.0 Å². The molecule has 0 saturated heterocycles. The minimum Gasteiger partial charge on any atom is -0.467 e. The fourth-order valence-electron chi connectivity index (χ4n) is 2.74. The number of para-hydroxylation sites is 1. The van der Waals surface area contributed by atoms with E-state index in [1.165, 1.54) is 23.9 Å². The van der Waals surface area contributed by atoms with Gasteiger partial charge in [0, 0.05) is 10.8 Å². The zero-order chi connectivity index (χ0) is 18.8. The van der Waals surface area contributed by atoms with E-state index in [1.807, 2.05) is 24.3 Å². The van der Waals surface area contributed by atoms with Crippen LogP contribution in [0.15, 0.2) is 75.2 Å². The monoisotopic (exact) mass is 400 g/mol. The first kappa shape index (κ1) is 17.8. The summed E-state index contributed by atoms with van der Waals surface area (Å²) in [5.74, 6) is 0.741. The van der Waals surface area contributed by atoms with Gasteiger partial charge in [-0.25, -0.2) is 9.37 Å². The second-order valence-corrected chi connectivity index (χ2v) is 7.26. The third-order valence-corrected chi connectivity index (χ3v) is 5.47. The average Bonchev–Trinajstić information content (AvgIpc) is 3.17. The smallest absolute Gasteiger partial charge is 0.262 e. The number of hydrogen-bond acceptors (Lipinski definition) is 4. The predicted molar refractivity (Wildman–Crippen MR) is 105 cm³/mol. The van der Waals surface area contributed by atoms with Crippen molar-refractivity contribution in [3.63, 3.8) is 0 Å². The number of aromatic nitrogens is 2. The van der Waals surface area contributed by atoms with Crippen molar-refractivity contribution >= 4 is 34.3 Å². The number of benzene rings is 2. The van der Waals surface area contributed by atoms with Crippen LogP contribution < -0.4 is 5.56 Å². The fraction of sp³-hybridized carbons (Fsp3) is 0.100. The highest BCUT2D eigenvalue weighted by Crippen LogP contribution is 2.27. The van der Waals surface area contributed by atoms with E-state index in [0.29, 0.717) is 32.6 Å². The van der Waals surface area contributed by atoms with Gasteiger partial charge in [0.05, 0.1) is 23.7 Å². The van der Waals surface area contributed by atoms with Crippen LogP contribution in [-0.4, -0.2) is 9.55 Å². The lowest BCUT2D eigenvalue weighted by Crippen LogP contribution is -2.23. The van der Waals surface area contributed by atoms with Gasteiger partial charge < -0.3 is 4.42 Å². The van der Waals surface area contributed by atoms with E-state index in [9.17, 15) is 9.18 Å². The highest BCUT2D eigenvalue weighted by molar-refractivity contribution is 7.98. The molecule has 0 radical (unpaired) electrons. The van der Waals surface area contributed by atoms with Crippen molar-refractivity contribution < 1.29 is 8.81 Å². The summed E-state index contributed by atoms with van der Waals surface area (Å²) in [6.45, 7) is 0.281. The zero-order valence-electron chi connectivity index (χ0n) is 14.1. The van der Waals surface area contributed by atoms with E-state index in [4.69, 9.17) is 16.0 Å². The number of fused-ring (bicyclic) bond motifs is 1. The Morgan fingerprint density at radius 1 is 1.15 bits per heavy atom.